The molecule has 210 valence electrons. The van der Waals surface area contributed by atoms with Gasteiger partial charge in [0.2, 0.25) is 0 Å². The Kier molecular flexibility index (Phi) is 10.3. The van der Waals surface area contributed by atoms with E-state index in [2.05, 4.69) is 14.8 Å². The largest absolute Gasteiger partial charge is 0.490 e. The summed E-state index contributed by atoms with van der Waals surface area (Å²) in [5.41, 5.74) is -0.521. The van der Waals surface area contributed by atoms with Gasteiger partial charge in [0.25, 0.3) is 0 Å². The highest BCUT2D eigenvalue weighted by Gasteiger charge is 2.53. The summed E-state index contributed by atoms with van der Waals surface area (Å²) in [5.74, 6) is -5.01. The van der Waals surface area contributed by atoms with Crippen molar-refractivity contribution in [3.8, 4) is 0 Å². The van der Waals surface area contributed by atoms with Gasteiger partial charge in [0.15, 0.2) is 0 Å². The highest BCUT2D eigenvalue weighted by molar-refractivity contribution is 7.09. The van der Waals surface area contributed by atoms with E-state index >= 15 is 0 Å². The molecule has 2 saturated heterocycles. The van der Waals surface area contributed by atoms with Crippen LogP contribution >= 0.6 is 11.3 Å². The van der Waals surface area contributed by atoms with E-state index in [4.69, 9.17) is 19.8 Å². The molecule has 0 spiro atoms. The van der Waals surface area contributed by atoms with Crippen LogP contribution < -0.4 is 0 Å². The molecule has 3 fully saturated rings. The number of likely N-dealkylation sites (tertiary alicyclic amines) is 2. The molecule has 1 aromatic heterocycles. The predicted molar refractivity (Wildman–Crippen MR) is 117 cm³/mol. The van der Waals surface area contributed by atoms with Crippen LogP contribution in [0.3, 0.4) is 0 Å². The van der Waals surface area contributed by atoms with E-state index in [1.807, 2.05) is 11.6 Å². The summed E-state index contributed by atoms with van der Waals surface area (Å²) in [6.07, 6.45) is -3.85. The zero-order chi connectivity index (χ0) is 28.0. The fourth-order valence-corrected chi connectivity index (χ4v) is 5.09. The zero-order valence-corrected chi connectivity index (χ0v) is 20.3. The number of aliphatic carboxylic acids is 3. The van der Waals surface area contributed by atoms with Crippen molar-refractivity contribution >= 4 is 29.2 Å². The Hall–Kier alpha value is -2.46. The van der Waals surface area contributed by atoms with Crippen LogP contribution in [0.5, 0.6) is 0 Å². The molecule has 0 bridgehead atoms. The monoisotopic (exact) mass is 563 g/mol. The molecular weight excluding hydrogens is 536 g/mol. The van der Waals surface area contributed by atoms with Crippen LogP contribution in [0.25, 0.3) is 0 Å². The summed E-state index contributed by atoms with van der Waals surface area (Å²) in [4.78, 5) is 39.2. The van der Waals surface area contributed by atoms with E-state index in [0.29, 0.717) is 0 Å². The summed E-state index contributed by atoms with van der Waals surface area (Å²) < 4.78 is 63.5. The maximum Gasteiger partial charge on any atom is 0.490 e. The Labute approximate surface area is 211 Å². The first kappa shape index (κ1) is 30.8. The van der Waals surface area contributed by atoms with Crippen LogP contribution in [0.2, 0.25) is 0 Å². The van der Waals surface area contributed by atoms with Crippen molar-refractivity contribution < 1.29 is 56.0 Å². The van der Waals surface area contributed by atoms with Gasteiger partial charge in [-0.15, -0.1) is 11.3 Å². The minimum absolute atomic E-state index is 0.251. The Morgan fingerprint density at radius 1 is 1.00 bits per heavy atom. The molecule has 9 nitrogen and oxygen atoms in total. The van der Waals surface area contributed by atoms with Crippen molar-refractivity contribution in [1.82, 2.24) is 14.8 Å². The van der Waals surface area contributed by atoms with Gasteiger partial charge in [-0.05, 0) is 38.1 Å². The van der Waals surface area contributed by atoms with E-state index in [1.54, 1.807) is 11.3 Å². The number of halogens is 6. The maximum atomic E-state index is 12.1. The molecule has 1 aliphatic carbocycles. The number of carboxylic acid groups (broad SMARTS) is 3. The average molecular weight is 564 g/mol. The quantitative estimate of drug-likeness (QED) is 0.461. The Balaban J connectivity index is 0.000000286. The van der Waals surface area contributed by atoms with Crippen molar-refractivity contribution in [3.05, 3.63) is 16.6 Å². The molecule has 0 radical (unpaired) electrons. The number of hydrogen-bond acceptors (Lipinski definition) is 7. The first-order chi connectivity index (χ1) is 17.0. The number of thiazole rings is 1. The molecule has 4 rings (SSSR count). The van der Waals surface area contributed by atoms with Gasteiger partial charge in [0.05, 0.1) is 12.0 Å². The number of carboxylic acids is 3. The van der Waals surface area contributed by atoms with Crippen LogP contribution in [0.4, 0.5) is 26.3 Å². The SMILES string of the molecule is O=C(O)C(F)(F)F.O=C(O)C(F)(F)F.O=C(O)[C@]12CCCN(Cc3nccs3)C[C@H]1CN(CC1CC1)C2. The van der Waals surface area contributed by atoms with Gasteiger partial charge in [-0.2, -0.15) is 26.3 Å². The first-order valence-electron chi connectivity index (χ1n) is 11.2. The predicted octanol–water partition coefficient (Wildman–Crippen LogP) is 3.42. The zero-order valence-electron chi connectivity index (χ0n) is 19.5. The lowest BCUT2D eigenvalue weighted by Gasteiger charge is -2.29. The summed E-state index contributed by atoms with van der Waals surface area (Å²) in [6, 6.07) is 0. The van der Waals surface area contributed by atoms with E-state index in [-0.39, 0.29) is 5.92 Å². The molecule has 16 heteroatoms. The fraction of sp³-hybridized carbons (Fsp3) is 0.714. The average Bonchev–Trinajstić information content (AvgIpc) is 3.35. The smallest absolute Gasteiger partial charge is 0.481 e. The molecule has 0 unspecified atom stereocenters. The van der Waals surface area contributed by atoms with Gasteiger partial charge < -0.3 is 20.2 Å². The second-order valence-electron chi connectivity index (χ2n) is 9.17. The lowest BCUT2D eigenvalue weighted by atomic mass is 9.75. The van der Waals surface area contributed by atoms with Crippen molar-refractivity contribution in [3.63, 3.8) is 0 Å². The van der Waals surface area contributed by atoms with Crippen molar-refractivity contribution in [2.75, 3.05) is 32.7 Å². The number of aromatic nitrogens is 1. The third-order valence-corrected chi connectivity index (χ3v) is 7.07. The highest BCUT2D eigenvalue weighted by atomic mass is 32.1. The third-order valence-electron chi connectivity index (χ3n) is 6.31. The first-order valence-corrected chi connectivity index (χ1v) is 12.1. The number of rotatable bonds is 5. The molecule has 2 atom stereocenters. The van der Waals surface area contributed by atoms with E-state index in [9.17, 15) is 36.2 Å². The van der Waals surface area contributed by atoms with E-state index in [0.717, 1.165) is 63.0 Å². The van der Waals surface area contributed by atoms with Gasteiger partial charge in [-0.3, -0.25) is 9.69 Å². The highest BCUT2D eigenvalue weighted by Crippen LogP contribution is 2.44. The molecule has 3 N–H and O–H groups in total. The summed E-state index contributed by atoms with van der Waals surface area (Å²) in [5, 5.41) is 27.4. The van der Waals surface area contributed by atoms with Gasteiger partial charge in [-0.1, -0.05) is 0 Å². The number of hydrogen-bond donors (Lipinski definition) is 3. The van der Waals surface area contributed by atoms with E-state index < -0.39 is 35.7 Å². The van der Waals surface area contributed by atoms with Crippen LogP contribution in [0, 0.1) is 17.3 Å². The minimum Gasteiger partial charge on any atom is -0.481 e. The summed E-state index contributed by atoms with van der Waals surface area (Å²) in [6.45, 7) is 5.58. The standard InChI is InChI=1S/C17H25N3O2S.2C2HF3O2/c21-16(22)17-4-1-6-19(11-15-18-5-7-23-15)9-14(17)10-20(12-17)8-13-2-3-13;2*3-2(4,5)1(6)7/h5,7,13-14H,1-4,6,8-12H2,(H,21,22);2*(H,6,7)/t14-,17-;;/m0../s1. The summed E-state index contributed by atoms with van der Waals surface area (Å²) in [7, 11) is 0. The molecule has 1 aromatic rings. The van der Waals surface area contributed by atoms with Crippen LogP contribution in [0.1, 0.15) is 30.7 Å². The maximum absolute atomic E-state index is 12.1. The molecule has 0 aromatic carbocycles. The van der Waals surface area contributed by atoms with Crippen molar-refractivity contribution in [1.29, 1.82) is 0 Å². The molecular formula is C21H27F6N3O6S. The third kappa shape index (κ3) is 9.41. The molecule has 1 saturated carbocycles. The lowest BCUT2D eigenvalue weighted by molar-refractivity contribution is -0.193. The Bertz CT molecular complexity index is 901. The Morgan fingerprint density at radius 3 is 1.97 bits per heavy atom. The van der Waals surface area contributed by atoms with Gasteiger partial charge in [-0.25, -0.2) is 14.6 Å². The number of alkyl halides is 6. The van der Waals surface area contributed by atoms with Crippen LogP contribution in [-0.4, -0.2) is 93.1 Å². The van der Waals surface area contributed by atoms with Gasteiger partial charge in [0.1, 0.15) is 5.01 Å². The number of nitrogens with zero attached hydrogens (tertiary/aromatic N) is 3. The topological polar surface area (TPSA) is 131 Å². The van der Waals surface area contributed by atoms with Crippen molar-refractivity contribution in [2.45, 2.75) is 44.6 Å². The van der Waals surface area contributed by atoms with Crippen LogP contribution in [-0.2, 0) is 20.9 Å². The molecule has 0 amide bonds. The van der Waals surface area contributed by atoms with E-state index in [1.165, 1.54) is 12.8 Å². The van der Waals surface area contributed by atoms with Crippen molar-refractivity contribution in [2.24, 2.45) is 17.3 Å². The molecule has 2 aliphatic heterocycles. The normalized spacial score (nSPS) is 24.5. The number of carbonyl (C=O) groups is 3. The van der Waals surface area contributed by atoms with Crippen LogP contribution in [0.15, 0.2) is 11.6 Å². The number of fused-ring (bicyclic) bond motifs is 1. The molecule has 3 aliphatic rings. The second kappa shape index (κ2) is 12.4. The Morgan fingerprint density at radius 2 is 1.54 bits per heavy atom. The molecule has 3 heterocycles. The summed E-state index contributed by atoms with van der Waals surface area (Å²) >= 11 is 1.69. The lowest BCUT2D eigenvalue weighted by Crippen LogP contribution is -2.41. The second-order valence-corrected chi connectivity index (χ2v) is 10.1. The van der Waals surface area contributed by atoms with Gasteiger partial charge >= 0.3 is 30.3 Å². The van der Waals surface area contributed by atoms with Gasteiger partial charge in [0, 0.05) is 43.7 Å². The molecule has 37 heavy (non-hydrogen) atoms. The minimum atomic E-state index is -5.08. The fourth-order valence-electron chi connectivity index (χ4n) is 4.44.